The minimum atomic E-state index is -1.04. The van der Waals surface area contributed by atoms with Crippen LogP contribution < -0.4 is 0 Å². The van der Waals surface area contributed by atoms with Gasteiger partial charge in [0.2, 0.25) is 5.78 Å². The summed E-state index contributed by atoms with van der Waals surface area (Å²) in [6.45, 7) is 2.39. The first-order chi connectivity index (χ1) is 11.0. The number of carbonyl (C=O) groups excluding carboxylic acids is 1. The summed E-state index contributed by atoms with van der Waals surface area (Å²) in [6.07, 6.45) is 0.514. The number of carbonyl (C=O) groups is 2. The molecule has 5 nitrogen and oxygen atoms in total. The van der Waals surface area contributed by atoms with Crippen LogP contribution in [0.1, 0.15) is 41.0 Å². The van der Waals surface area contributed by atoms with Crippen LogP contribution in [0.5, 0.6) is 0 Å². The second kappa shape index (κ2) is 6.12. The van der Waals surface area contributed by atoms with E-state index in [0.29, 0.717) is 40.6 Å². The van der Waals surface area contributed by atoms with E-state index < -0.39 is 22.7 Å². The van der Waals surface area contributed by atoms with E-state index in [1.54, 1.807) is 41.0 Å². The van der Waals surface area contributed by atoms with E-state index >= 15 is 0 Å². The molecular weight excluding hydrogens is 314 g/mol. The molecule has 23 heavy (non-hydrogen) atoms. The summed E-state index contributed by atoms with van der Waals surface area (Å²) in [4.78, 5) is 24.6. The van der Waals surface area contributed by atoms with E-state index in [4.69, 9.17) is 0 Å². The number of carboxylic acid groups (broad SMARTS) is 1. The lowest BCUT2D eigenvalue weighted by molar-refractivity contribution is -0.138. The molecule has 0 spiro atoms. The van der Waals surface area contributed by atoms with Crippen molar-refractivity contribution in [1.82, 2.24) is 4.57 Å². The summed E-state index contributed by atoms with van der Waals surface area (Å²) in [7, 11) is -1.04. The van der Waals surface area contributed by atoms with Gasteiger partial charge in [-0.1, -0.05) is 6.92 Å². The van der Waals surface area contributed by atoms with Crippen molar-refractivity contribution in [3.05, 3.63) is 53.3 Å². The number of aromatic nitrogens is 1. The van der Waals surface area contributed by atoms with Gasteiger partial charge in [-0.05, 0) is 42.8 Å². The predicted octanol–water partition coefficient (Wildman–Crippen LogP) is 2.42. The number of ketones is 1. The molecule has 0 saturated carbocycles. The fourth-order valence-corrected chi connectivity index (χ4v) is 3.74. The molecule has 1 aliphatic rings. The molecule has 0 radical (unpaired) electrons. The van der Waals surface area contributed by atoms with Gasteiger partial charge in [0.25, 0.3) is 0 Å². The lowest BCUT2D eigenvalue weighted by Gasteiger charge is -2.06. The smallest absolute Gasteiger partial charge is 0.312 e. The molecule has 2 unspecified atom stereocenters. The van der Waals surface area contributed by atoms with Crippen LogP contribution in [0.25, 0.3) is 0 Å². The van der Waals surface area contributed by atoms with Crippen molar-refractivity contribution in [3.63, 3.8) is 0 Å². The third-order valence-electron chi connectivity index (χ3n) is 4.19. The number of aliphatic carboxylic acids is 1. The molecule has 3 rings (SSSR count). The molecule has 6 heteroatoms. The number of fused-ring (bicyclic) bond motifs is 1. The SMILES string of the molecule is CCS(=O)c1ccc(C(=O)c2ccc3n2CCC3C(=O)O)cc1. The molecule has 0 bridgehead atoms. The molecule has 0 aliphatic carbocycles. The second-order valence-electron chi connectivity index (χ2n) is 5.46. The van der Waals surface area contributed by atoms with Crippen LogP contribution in [0.4, 0.5) is 0 Å². The van der Waals surface area contributed by atoms with Gasteiger partial charge in [-0.15, -0.1) is 0 Å². The molecule has 2 aromatic rings. The Morgan fingerprint density at radius 2 is 1.91 bits per heavy atom. The fraction of sp³-hybridized carbons (Fsp3) is 0.294. The highest BCUT2D eigenvalue weighted by Crippen LogP contribution is 2.31. The van der Waals surface area contributed by atoms with Crippen LogP contribution in [-0.4, -0.2) is 31.4 Å². The average molecular weight is 331 g/mol. The van der Waals surface area contributed by atoms with Gasteiger partial charge in [-0.2, -0.15) is 0 Å². The van der Waals surface area contributed by atoms with Crippen LogP contribution in [0.2, 0.25) is 0 Å². The van der Waals surface area contributed by atoms with Crippen molar-refractivity contribution >= 4 is 22.6 Å². The molecule has 2 heterocycles. The average Bonchev–Trinajstić information content (AvgIpc) is 3.15. The first kappa shape index (κ1) is 15.7. The number of hydrogen-bond donors (Lipinski definition) is 1. The van der Waals surface area contributed by atoms with Crippen LogP contribution in [-0.2, 0) is 22.1 Å². The number of nitrogens with zero attached hydrogens (tertiary/aromatic N) is 1. The number of benzene rings is 1. The van der Waals surface area contributed by atoms with Crippen molar-refractivity contribution in [1.29, 1.82) is 0 Å². The van der Waals surface area contributed by atoms with Gasteiger partial charge < -0.3 is 9.67 Å². The molecule has 1 aromatic carbocycles. The van der Waals surface area contributed by atoms with Crippen molar-refractivity contribution < 1.29 is 18.9 Å². The Labute approximate surface area is 136 Å². The van der Waals surface area contributed by atoms with Crippen molar-refractivity contribution in [3.8, 4) is 0 Å². The fourth-order valence-electron chi connectivity index (χ4n) is 2.96. The van der Waals surface area contributed by atoms with E-state index in [-0.39, 0.29) is 5.78 Å². The summed E-state index contributed by atoms with van der Waals surface area (Å²) in [6, 6.07) is 10.2. The highest BCUT2D eigenvalue weighted by atomic mass is 32.2. The van der Waals surface area contributed by atoms with Crippen molar-refractivity contribution in [2.24, 2.45) is 0 Å². The highest BCUT2D eigenvalue weighted by Gasteiger charge is 2.31. The molecule has 1 aromatic heterocycles. The molecular formula is C17H17NO4S. The third kappa shape index (κ3) is 2.74. The zero-order valence-electron chi connectivity index (χ0n) is 12.7. The van der Waals surface area contributed by atoms with Crippen LogP contribution in [0.15, 0.2) is 41.3 Å². The Morgan fingerprint density at radius 1 is 1.22 bits per heavy atom. The maximum Gasteiger partial charge on any atom is 0.312 e. The topological polar surface area (TPSA) is 76.4 Å². The summed E-state index contributed by atoms with van der Waals surface area (Å²) in [5.74, 6) is -0.995. The molecule has 0 amide bonds. The zero-order chi connectivity index (χ0) is 16.6. The minimum Gasteiger partial charge on any atom is -0.481 e. The maximum atomic E-state index is 12.7. The predicted molar refractivity (Wildman–Crippen MR) is 86.2 cm³/mol. The maximum absolute atomic E-state index is 12.7. The van der Waals surface area contributed by atoms with Crippen molar-refractivity contribution in [2.75, 3.05) is 5.75 Å². The Morgan fingerprint density at radius 3 is 2.52 bits per heavy atom. The quantitative estimate of drug-likeness (QED) is 0.854. The first-order valence-corrected chi connectivity index (χ1v) is 8.80. The highest BCUT2D eigenvalue weighted by molar-refractivity contribution is 7.85. The molecule has 1 N–H and O–H groups in total. The lowest BCUT2D eigenvalue weighted by Crippen LogP contribution is -2.10. The number of rotatable bonds is 5. The Kier molecular flexibility index (Phi) is 4.17. The number of carboxylic acids is 1. The lowest BCUT2D eigenvalue weighted by atomic mass is 10.1. The summed E-state index contributed by atoms with van der Waals surface area (Å²) in [5.41, 5.74) is 1.71. The van der Waals surface area contributed by atoms with Crippen LogP contribution in [0.3, 0.4) is 0 Å². The molecule has 1 aliphatic heterocycles. The van der Waals surface area contributed by atoms with Gasteiger partial charge >= 0.3 is 5.97 Å². The summed E-state index contributed by atoms with van der Waals surface area (Å²) < 4.78 is 13.5. The van der Waals surface area contributed by atoms with Crippen LogP contribution in [0, 0.1) is 0 Å². The molecule has 0 fully saturated rings. The monoisotopic (exact) mass is 331 g/mol. The Balaban J connectivity index is 1.89. The van der Waals surface area contributed by atoms with Gasteiger partial charge in [-0.3, -0.25) is 13.8 Å². The summed E-state index contributed by atoms with van der Waals surface area (Å²) in [5, 5.41) is 9.20. The van der Waals surface area contributed by atoms with Crippen molar-refractivity contribution in [2.45, 2.75) is 30.7 Å². The van der Waals surface area contributed by atoms with Gasteiger partial charge in [0.05, 0.1) is 22.4 Å². The molecule has 2 atom stereocenters. The van der Waals surface area contributed by atoms with Gasteiger partial charge in [0.1, 0.15) is 0 Å². The van der Waals surface area contributed by atoms with E-state index in [1.807, 2.05) is 6.92 Å². The normalized spacial score (nSPS) is 17.7. The standard InChI is InChI=1S/C17H17NO4S/c1-2-23(22)12-5-3-11(4-6-12)16(19)15-8-7-14-13(17(20)21)9-10-18(14)15/h3-8,13H,2,9-10H2,1H3,(H,20,21). The van der Waals surface area contributed by atoms with E-state index in [0.717, 1.165) is 0 Å². The molecule has 0 saturated heterocycles. The number of hydrogen-bond acceptors (Lipinski definition) is 3. The minimum absolute atomic E-state index is 0.142. The second-order valence-corrected chi connectivity index (χ2v) is 7.20. The largest absolute Gasteiger partial charge is 0.481 e. The zero-order valence-corrected chi connectivity index (χ0v) is 13.5. The third-order valence-corrected chi connectivity index (χ3v) is 5.51. The van der Waals surface area contributed by atoms with E-state index in [9.17, 15) is 18.9 Å². The van der Waals surface area contributed by atoms with Gasteiger partial charge in [-0.25, -0.2) is 0 Å². The van der Waals surface area contributed by atoms with E-state index in [2.05, 4.69) is 0 Å². The van der Waals surface area contributed by atoms with Gasteiger partial charge in [0.15, 0.2) is 0 Å². The Hall–Kier alpha value is -2.21. The van der Waals surface area contributed by atoms with Crippen LogP contribution >= 0.6 is 0 Å². The Bertz CT molecular complexity index is 791. The van der Waals surface area contributed by atoms with E-state index in [1.165, 1.54) is 0 Å². The molecule has 120 valence electrons. The first-order valence-electron chi connectivity index (χ1n) is 7.48. The van der Waals surface area contributed by atoms with Gasteiger partial charge in [0, 0.05) is 28.5 Å². The summed E-state index contributed by atoms with van der Waals surface area (Å²) >= 11 is 0.